The fraction of sp³-hybridized carbons (Fsp3) is 0.241. The molecule has 0 unspecified atom stereocenters. The molecule has 0 spiro atoms. The van der Waals surface area contributed by atoms with Crippen molar-refractivity contribution in [2.75, 3.05) is 6.54 Å². The molecule has 0 saturated carbocycles. The molecule has 0 heterocycles. The summed E-state index contributed by atoms with van der Waals surface area (Å²) in [5.41, 5.74) is 19.7. The van der Waals surface area contributed by atoms with Crippen molar-refractivity contribution in [3.63, 3.8) is 0 Å². The molecule has 0 aromatic heterocycles. The fourth-order valence-electron chi connectivity index (χ4n) is 4.26. The van der Waals surface area contributed by atoms with Crippen molar-refractivity contribution in [3.8, 4) is 0 Å². The third-order valence-corrected chi connectivity index (χ3v) is 6.14. The predicted molar refractivity (Wildman–Crippen MR) is 152 cm³/mol. The van der Waals surface area contributed by atoms with Crippen LogP contribution in [0.3, 0.4) is 0 Å². The van der Waals surface area contributed by atoms with Crippen molar-refractivity contribution in [1.82, 2.24) is 4.90 Å². The van der Waals surface area contributed by atoms with Crippen molar-refractivity contribution >= 4 is 36.0 Å². The highest BCUT2D eigenvalue weighted by Crippen LogP contribution is 2.29. The maximum absolute atomic E-state index is 14.3. The normalized spacial score (nSPS) is 11.2. The van der Waals surface area contributed by atoms with E-state index in [1.807, 2.05) is 60.7 Å². The molecular weight excluding hydrogens is 502 g/mol. The summed E-state index contributed by atoms with van der Waals surface area (Å²) in [6.45, 7) is 1.94. The van der Waals surface area contributed by atoms with E-state index in [-0.39, 0.29) is 36.6 Å². The van der Waals surface area contributed by atoms with Crippen LogP contribution in [0.1, 0.15) is 52.7 Å². The second kappa shape index (κ2) is 14.5. The molecule has 1 atom stereocenters. The van der Waals surface area contributed by atoms with E-state index in [9.17, 15) is 14.4 Å². The molecule has 0 radical (unpaired) electrons. The second-order valence-corrected chi connectivity index (χ2v) is 8.84. The number of rotatable bonds is 12. The van der Waals surface area contributed by atoms with E-state index in [1.165, 1.54) is 11.8 Å². The summed E-state index contributed by atoms with van der Waals surface area (Å²) < 4.78 is 0. The lowest BCUT2D eigenvalue weighted by molar-refractivity contribution is -0.141. The number of halogens is 1. The lowest BCUT2D eigenvalue weighted by atomic mass is 9.89. The number of hydrogen-bond donors (Lipinski definition) is 3. The average Bonchev–Trinajstić information content (AvgIpc) is 2.89. The van der Waals surface area contributed by atoms with Gasteiger partial charge in [-0.15, -0.1) is 12.4 Å². The van der Waals surface area contributed by atoms with Gasteiger partial charge in [-0.25, -0.2) is 0 Å². The van der Waals surface area contributed by atoms with Gasteiger partial charge in [0.1, 0.15) is 6.04 Å². The van der Waals surface area contributed by atoms with Crippen LogP contribution in [0.25, 0.3) is 0 Å². The molecule has 0 aliphatic heterocycles. The number of nitrogens with zero attached hydrogens (tertiary/aromatic N) is 2. The number of primary amides is 1. The molecule has 38 heavy (non-hydrogen) atoms. The van der Waals surface area contributed by atoms with Gasteiger partial charge in [0, 0.05) is 18.7 Å². The van der Waals surface area contributed by atoms with Crippen LogP contribution >= 0.6 is 12.4 Å². The Morgan fingerprint density at radius 2 is 1.34 bits per heavy atom. The van der Waals surface area contributed by atoms with Crippen LogP contribution in [0, 0.1) is 0 Å². The Labute approximate surface area is 229 Å². The van der Waals surface area contributed by atoms with Gasteiger partial charge in [0.25, 0.3) is 0 Å². The van der Waals surface area contributed by atoms with E-state index in [0.29, 0.717) is 24.9 Å². The Morgan fingerprint density at radius 3 is 1.79 bits per heavy atom. The first-order chi connectivity index (χ1) is 17.8. The van der Waals surface area contributed by atoms with Gasteiger partial charge in [-0.1, -0.05) is 84.9 Å². The van der Waals surface area contributed by atoms with Crippen molar-refractivity contribution in [1.29, 1.82) is 0 Å². The van der Waals surface area contributed by atoms with Crippen LogP contribution in [0.2, 0.25) is 0 Å². The number of Topliss-reactive ketones (excluding diaryl/α,β-unsaturated/α-hetero) is 1. The Kier molecular flexibility index (Phi) is 11.5. The minimum Gasteiger partial charge on any atom is -0.370 e. The highest BCUT2D eigenvalue weighted by molar-refractivity contribution is 5.94. The lowest BCUT2D eigenvalue weighted by Gasteiger charge is -2.33. The van der Waals surface area contributed by atoms with Gasteiger partial charge in [-0.3, -0.25) is 19.4 Å². The molecule has 8 nitrogen and oxygen atoms in total. The minimum atomic E-state index is -0.885. The summed E-state index contributed by atoms with van der Waals surface area (Å²) in [5.74, 6) is -1.60. The van der Waals surface area contributed by atoms with Gasteiger partial charge < -0.3 is 22.1 Å². The molecule has 3 aromatic carbocycles. The predicted octanol–water partition coefficient (Wildman–Crippen LogP) is 3.38. The van der Waals surface area contributed by atoms with E-state index >= 15 is 0 Å². The molecule has 0 fully saturated rings. The van der Waals surface area contributed by atoms with Crippen LogP contribution in [0.15, 0.2) is 89.9 Å². The van der Waals surface area contributed by atoms with Crippen molar-refractivity contribution in [2.45, 2.75) is 38.3 Å². The smallest absolute Gasteiger partial charge is 0.240 e. The SMILES string of the molecule is CC(=O)c1ccc(CN(C(=O)C(c2ccccc2)c2ccccc2)[C@H](CCCN=C(N)N)C(N)=O)cc1.Cl. The number of carbonyl (C=O) groups excluding carboxylic acids is 3. The highest BCUT2D eigenvalue weighted by Gasteiger charge is 2.34. The fourth-order valence-corrected chi connectivity index (χ4v) is 4.26. The van der Waals surface area contributed by atoms with Gasteiger partial charge in [0.2, 0.25) is 11.8 Å². The summed E-state index contributed by atoms with van der Waals surface area (Å²) in [7, 11) is 0. The van der Waals surface area contributed by atoms with E-state index in [4.69, 9.17) is 17.2 Å². The molecule has 2 amide bonds. The molecule has 6 N–H and O–H groups in total. The van der Waals surface area contributed by atoms with Crippen molar-refractivity contribution in [3.05, 3.63) is 107 Å². The summed E-state index contributed by atoms with van der Waals surface area (Å²) in [6, 6.07) is 25.0. The maximum atomic E-state index is 14.3. The van der Waals surface area contributed by atoms with Crippen LogP contribution in [-0.4, -0.2) is 41.0 Å². The van der Waals surface area contributed by atoms with Crippen LogP contribution in [0.5, 0.6) is 0 Å². The van der Waals surface area contributed by atoms with E-state index in [1.54, 1.807) is 24.3 Å². The number of aliphatic imine (C=N–C) groups is 1. The minimum absolute atomic E-state index is 0. The van der Waals surface area contributed by atoms with Gasteiger partial charge in [0.15, 0.2) is 11.7 Å². The highest BCUT2D eigenvalue weighted by atomic mass is 35.5. The van der Waals surface area contributed by atoms with E-state index in [2.05, 4.69) is 4.99 Å². The molecule has 9 heteroatoms. The quantitative estimate of drug-likeness (QED) is 0.141. The number of benzene rings is 3. The van der Waals surface area contributed by atoms with E-state index < -0.39 is 17.9 Å². The standard InChI is InChI=1S/C29H33N5O3.ClH/c1-20(35)22-16-14-21(15-17-22)19-34(25(27(30)36)13-8-18-33-29(31)32)28(37)26(23-9-4-2-5-10-23)24-11-6-3-7-12-24;/h2-7,9-12,14-17,25-26H,8,13,18-19H2,1H3,(H2,30,36)(H4,31,32,33);1H/t25-;/m1./s1. The molecule has 200 valence electrons. The Balaban J connectivity index is 0.00000507. The zero-order chi connectivity index (χ0) is 26.8. The first-order valence-electron chi connectivity index (χ1n) is 12.1. The number of ketones is 1. The lowest BCUT2D eigenvalue weighted by Crippen LogP contribution is -2.49. The third kappa shape index (κ3) is 8.18. The third-order valence-electron chi connectivity index (χ3n) is 6.14. The average molecular weight is 536 g/mol. The molecule has 3 rings (SSSR count). The van der Waals surface area contributed by atoms with Crippen molar-refractivity contribution < 1.29 is 14.4 Å². The molecule has 3 aromatic rings. The molecule has 0 bridgehead atoms. The second-order valence-electron chi connectivity index (χ2n) is 8.84. The van der Waals surface area contributed by atoms with Crippen LogP contribution < -0.4 is 17.2 Å². The first kappa shape index (κ1) is 30.1. The molecule has 0 aliphatic carbocycles. The number of hydrogen-bond acceptors (Lipinski definition) is 4. The maximum Gasteiger partial charge on any atom is 0.240 e. The van der Waals surface area contributed by atoms with Crippen LogP contribution in [0.4, 0.5) is 0 Å². The molecular formula is C29H34ClN5O3. The summed E-state index contributed by atoms with van der Waals surface area (Å²) >= 11 is 0. The van der Waals surface area contributed by atoms with Gasteiger partial charge in [-0.05, 0) is 36.5 Å². The topological polar surface area (TPSA) is 145 Å². The molecule has 0 saturated heterocycles. The summed E-state index contributed by atoms with van der Waals surface area (Å²) in [4.78, 5) is 44.3. The summed E-state index contributed by atoms with van der Waals surface area (Å²) in [5, 5.41) is 0. The van der Waals surface area contributed by atoms with Gasteiger partial charge in [-0.2, -0.15) is 0 Å². The van der Waals surface area contributed by atoms with Crippen LogP contribution in [-0.2, 0) is 16.1 Å². The Hall–Kier alpha value is -4.17. The zero-order valence-electron chi connectivity index (χ0n) is 21.3. The summed E-state index contributed by atoms with van der Waals surface area (Å²) in [6.07, 6.45) is 0.750. The number of nitrogens with two attached hydrogens (primary N) is 3. The largest absolute Gasteiger partial charge is 0.370 e. The van der Waals surface area contributed by atoms with E-state index in [0.717, 1.165) is 16.7 Å². The monoisotopic (exact) mass is 535 g/mol. The Morgan fingerprint density at radius 1 is 0.816 bits per heavy atom. The van der Waals surface area contributed by atoms with Crippen molar-refractivity contribution in [2.24, 2.45) is 22.2 Å². The number of guanidine groups is 1. The molecule has 0 aliphatic rings. The zero-order valence-corrected chi connectivity index (χ0v) is 22.1. The number of carbonyl (C=O) groups is 3. The first-order valence-corrected chi connectivity index (χ1v) is 12.1. The van der Waals surface area contributed by atoms with Gasteiger partial charge in [0.05, 0.1) is 5.92 Å². The van der Waals surface area contributed by atoms with Gasteiger partial charge >= 0.3 is 0 Å². The Bertz CT molecular complexity index is 1190. The number of amides is 2.